The minimum atomic E-state index is -0.676. The van der Waals surface area contributed by atoms with Crippen molar-refractivity contribution in [3.63, 3.8) is 0 Å². The van der Waals surface area contributed by atoms with Crippen LogP contribution in [0.25, 0.3) is 0 Å². The Kier molecular flexibility index (Phi) is 4.07. The molecule has 0 aliphatic carbocycles. The van der Waals surface area contributed by atoms with E-state index in [9.17, 15) is 4.79 Å². The fraction of sp³-hybridized carbons (Fsp3) is 0.583. The van der Waals surface area contributed by atoms with E-state index in [1.165, 1.54) is 16.9 Å². The highest BCUT2D eigenvalue weighted by Crippen LogP contribution is 2.31. The molecule has 1 N–H and O–H groups in total. The number of thiophene rings is 1. The first-order chi connectivity index (χ1) is 8.08. The van der Waals surface area contributed by atoms with Gasteiger partial charge in [-0.1, -0.05) is 11.6 Å². The third kappa shape index (κ3) is 3.00. The molecule has 0 aromatic carbocycles. The molecule has 0 bridgehead atoms. The molecule has 2 heterocycles. The number of halogens is 1. The normalized spacial score (nSPS) is 23.5. The Morgan fingerprint density at radius 2 is 2.47 bits per heavy atom. The van der Waals surface area contributed by atoms with Crippen molar-refractivity contribution in [2.24, 2.45) is 5.92 Å². The van der Waals surface area contributed by atoms with Gasteiger partial charge in [-0.05, 0) is 43.3 Å². The summed E-state index contributed by atoms with van der Waals surface area (Å²) in [5.41, 5.74) is 1.19. The van der Waals surface area contributed by atoms with Crippen LogP contribution < -0.4 is 0 Å². The molecule has 3 nitrogen and oxygen atoms in total. The van der Waals surface area contributed by atoms with E-state index in [1.807, 2.05) is 6.07 Å². The smallest absolute Gasteiger partial charge is 0.307 e. The molecule has 1 saturated heterocycles. The summed E-state index contributed by atoms with van der Waals surface area (Å²) in [6.07, 6.45) is 1.75. The first kappa shape index (κ1) is 12.9. The van der Waals surface area contributed by atoms with E-state index >= 15 is 0 Å². The molecule has 2 rings (SSSR count). The highest BCUT2D eigenvalue weighted by molar-refractivity contribution is 7.14. The molecule has 2 atom stereocenters. The van der Waals surface area contributed by atoms with E-state index in [0.717, 1.165) is 23.7 Å². The molecule has 1 fully saturated rings. The largest absolute Gasteiger partial charge is 0.481 e. The summed E-state index contributed by atoms with van der Waals surface area (Å²) >= 11 is 7.45. The second-order valence-corrected chi connectivity index (χ2v) is 6.07. The molecule has 0 spiro atoms. The summed E-state index contributed by atoms with van der Waals surface area (Å²) in [7, 11) is 0. The van der Waals surface area contributed by atoms with Gasteiger partial charge in [-0.15, -0.1) is 11.3 Å². The first-order valence-electron chi connectivity index (χ1n) is 5.78. The number of hydrogen-bond donors (Lipinski definition) is 1. The maximum Gasteiger partial charge on any atom is 0.307 e. The average molecular weight is 274 g/mol. The predicted octanol–water partition coefficient (Wildman–Crippen LogP) is 3.26. The molecule has 0 saturated carbocycles. The minimum Gasteiger partial charge on any atom is -0.481 e. The van der Waals surface area contributed by atoms with Crippen LogP contribution in [0.5, 0.6) is 0 Å². The van der Waals surface area contributed by atoms with Crippen LogP contribution in [-0.4, -0.2) is 29.1 Å². The van der Waals surface area contributed by atoms with Crippen LogP contribution in [0.4, 0.5) is 0 Å². The van der Waals surface area contributed by atoms with Gasteiger partial charge in [0.2, 0.25) is 0 Å². The van der Waals surface area contributed by atoms with Gasteiger partial charge >= 0.3 is 5.97 Å². The summed E-state index contributed by atoms with van der Waals surface area (Å²) in [5, 5.41) is 11.1. The van der Waals surface area contributed by atoms with Crippen LogP contribution in [0.1, 0.15) is 31.4 Å². The van der Waals surface area contributed by atoms with Crippen LogP contribution in [0.2, 0.25) is 4.34 Å². The van der Waals surface area contributed by atoms with E-state index < -0.39 is 5.97 Å². The van der Waals surface area contributed by atoms with Crippen molar-refractivity contribution < 1.29 is 9.90 Å². The van der Waals surface area contributed by atoms with E-state index in [2.05, 4.69) is 17.2 Å². The number of likely N-dealkylation sites (tertiary alicyclic amines) is 1. The molecule has 5 heteroatoms. The Bertz CT molecular complexity index is 407. The van der Waals surface area contributed by atoms with Gasteiger partial charge in [0.25, 0.3) is 0 Å². The number of rotatable bonds is 3. The zero-order chi connectivity index (χ0) is 12.4. The Balaban J connectivity index is 2.04. The second-order valence-electron chi connectivity index (χ2n) is 4.53. The van der Waals surface area contributed by atoms with Crippen LogP contribution in [0.3, 0.4) is 0 Å². The molecule has 1 aliphatic heterocycles. The van der Waals surface area contributed by atoms with Crippen molar-refractivity contribution in [3.8, 4) is 0 Å². The lowest BCUT2D eigenvalue weighted by atomic mass is 9.96. The maximum atomic E-state index is 11.0. The molecule has 1 aliphatic rings. The lowest BCUT2D eigenvalue weighted by Gasteiger charge is -2.35. The highest BCUT2D eigenvalue weighted by Gasteiger charge is 2.28. The third-order valence-electron chi connectivity index (χ3n) is 3.42. The summed E-state index contributed by atoms with van der Waals surface area (Å²) in [4.78, 5) is 13.3. The van der Waals surface area contributed by atoms with Gasteiger partial charge in [0.15, 0.2) is 0 Å². The fourth-order valence-electron chi connectivity index (χ4n) is 2.31. The molecule has 94 valence electrons. The first-order valence-corrected chi connectivity index (χ1v) is 7.04. The molecule has 0 amide bonds. The number of carboxylic acid groups (broad SMARTS) is 1. The lowest BCUT2D eigenvalue weighted by molar-refractivity contribution is -0.143. The quantitative estimate of drug-likeness (QED) is 0.919. The van der Waals surface area contributed by atoms with Crippen LogP contribution >= 0.6 is 22.9 Å². The van der Waals surface area contributed by atoms with Gasteiger partial charge in [-0.3, -0.25) is 9.69 Å². The average Bonchev–Trinajstić information content (AvgIpc) is 2.75. The molecule has 17 heavy (non-hydrogen) atoms. The van der Waals surface area contributed by atoms with E-state index in [1.54, 1.807) is 0 Å². The van der Waals surface area contributed by atoms with Crippen LogP contribution in [-0.2, 0) is 4.79 Å². The van der Waals surface area contributed by atoms with Crippen LogP contribution in [0.15, 0.2) is 11.4 Å². The van der Waals surface area contributed by atoms with Crippen molar-refractivity contribution in [2.45, 2.75) is 25.8 Å². The molecule has 0 radical (unpaired) electrons. The van der Waals surface area contributed by atoms with E-state index in [4.69, 9.17) is 16.7 Å². The second kappa shape index (κ2) is 5.38. The topological polar surface area (TPSA) is 40.5 Å². The lowest BCUT2D eigenvalue weighted by Crippen LogP contribution is -2.39. The standard InChI is InChI=1S/C12H16ClNO2S/c1-8(10-5-11(13)17-7-10)14-4-2-3-9(6-14)12(15)16/h5,7-9H,2-4,6H2,1H3,(H,15,16). The van der Waals surface area contributed by atoms with Crippen molar-refractivity contribution in [1.29, 1.82) is 0 Å². The predicted molar refractivity (Wildman–Crippen MR) is 69.7 cm³/mol. The number of piperidine rings is 1. The molecule has 1 aromatic heterocycles. The minimum absolute atomic E-state index is 0.222. The van der Waals surface area contributed by atoms with Gasteiger partial charge in [0.1, 0.15) is 0 Å². The number of hydrogen-bond acceptors (Lipinski definition) is 3. The summed E-state index contributed by atoms with van der Waals surface area (Å²) in [5.74, 6) is -0.898. The van der Waals surface area contributed by atoms with Crippen molar-refractivity contribution in [1.82, 2.24) is 4.90 Å². The Morgan fingerprint density at radius 1 is 1.71 bits per heavy atom. The highest BCUT2D eigenvalue weighted by atomic mass is 35.5. The van der Waals surface area contributed by atoms with Gasteiger partial charge in [0.05, 0.1) is 10.3 Å². The Labute approximate surface area is 110 Å². The fourth-order valence-corrected chi connectivity index (χ4v) is 3.29. The molecular formula is C12H16ClNO2S. The van der Waals surface area contributed by atoms with Crippen molar-refractivity contribution >= 4 is 28.9 Å². The molecule has 1 aromatic rings. The van der Waals surface area contributed by atoms with Crippen molar-refractivity contribution in [2.75, 3.05) is 13.1 Å². The van der Waals surface area contributed by atoms with E-state index in [-0.39, 0.29) is 12.0 Å². The summed E-state index contributed by atoms with van der Waals surface area (Å²) in [6.45, 7) is 3.73. The van der Waals surface area contributed by atoms with Gasteiger partial charge < -0.3 is 5.11 Å². The monoisotopic (exact) mass is 273 g/mol. The number of carbonyl (C=O) groups is 1. The van der Waals surface area contributed by atoms with Crippen molar-refractivity contribution in [3.05, 3.63) is 21.3 Å². The molecule has 2 unspecified atom stereocenters. The third-order valence-corrected chi connectivity index (χ3v) is 4.53. The zero-order valence-electron chi connectivity index (χ0n) is 9.73. The molecular weight excluding hydrogens is 258 g/mol. The number of nitrogens with zero attached hydrogens (tertiary/aromatic N) is 1. The van der Waals surface area contributed by atoms with Gasteiger partial charge in [-0.2, -0.15) is 0 Å². The SMILES string of the molecule is CC(c1csc(Cl)c1)N1CCCC(C(=O)O)C1. The zero-order valence-corrected chi connectivity index (χ0v) is 11.3. The Hall–Kier alpha value is -0.580. The van der Waals surface area contributed by atoms with Crippen LogP contribution in [0, 0.1) is 5.92 Å². The number of carboxylic acids is 1. The number of aliphatic carboxylic acids is 1. The van der Waals surface area contributed by atoms with E-state index in [0.29, 0.717) is 6.54 Å². The maximum absolute atomic E-state index is 11.0. The van der Waals surface area contributed by atoms with Gasteiger partial charge in [0, 0.05) is 12.6 Å². The summed E-state index contributed by atoms with van der Waals surface area (Å²) < 4.78 is 0.790. The van der Waals surface area contributed by atoms with Gasteiger partial charge in [-0.25, -0.2) is 0 Å². The summed E-state index contributed by atoms with van der Waals surface area (Å²) in [6, 6.07) is 2.22. The Morgan fingerprint density at radius 3 is 3.06 bits per heavy atom.